The summed E-state index contributed by atoms with van der Waals surface area (Å²) in [6.45, 7) is 0. The van der Waals surface area contributed by atoms with Gasteiger partial charge in [0, 0.05) is 40.0 Å². The van der Waals surface area contributed by atoms with Crippen LogP contribution in [0.15, 0.2) is 176 Å². The van der Waals surface area contributed by atoms with E-state index in [1.54, 1.807) is 6.20 Å². The molecule has 0 saturated carbocycles. The molecule has 0 aliphatic rings. The van der Waals surface area contributed by atoms with Gasteiger partial charge in [-0.25, -0.2) is 9.97 Å². The molecule has 3 nitrogen and oxygen atoms in total. The minimum absolute atomic E-state index is 0.682. The first-order chi connectivity index (χ1) is 25.8. The van der Waals surface area contributed by atoms with Crippen molar-refractivity contribution in [3.05, 3.63) is 188 Å². The van der Waals surface area contributed by atoms with Crippen LogP contribution in [0.3, 0.4) is 0 Å². The van der Waals surface area contributed by atoms with Crippen LogP contribution in [0.1, 0.15) is 0 Å². The van der Waals surface area contributed by atoms with E-state index in [-0.39, 0.29) is 0 Å². The molecule has 240 valence electrons. The molecule has 10 rings (SSSR count). The molecule has 0 unspecified atom stereocenters. The van der Waals surface area contributed by atoms with E-state index in [2.05, 4.69) is 163 Å². The Morgan fingerprint density at radius 1 is 0.385 bits per heavy atom. The zero-order chi connectivity index (χ0) is 34.4. The standard InChI is InChI=1S/C49H29N3/c1-2-15-39-32(10-1)11-8-20-40(39)33-21-23-34(24-22-33)47-30-48(36-13-7-12-35(28-36)38-14-9-27-50-31-38)52-49(51-47)37-25-26-45-43-18-4-3-16-41(43)42-17-5-6-19-44(42)46(45)29-37/h1-7,9-10,12-31H. The number of pyridine rings is 1. The van der Waals surface area contributed by atoms with E-state index in [0.29, 0.717) is 5.82 Å². The van der Waals surface area contributed by atoms with Gasteiger partial charge in [0.25, 0.3) is 0 Å². The molecule has 0 amide bonds. The Balaban J connectivity index is 1.15. The molecule has 0 N–H and O–H groups in total. The summed E-state index contributed by atoms with van der Waals surface area (Å²) in [4.78, 5) is 14.9. The maximum absolute atomic E-state index is 5.25. The van der Waals surface area contributed by atoms with E-state index in [1.807, 2.05) is 24.4 Å². The molecule has 0 spiro atoms. The molecule has 0 bridgehead atoms. The van der Waals surface area contributed by atoms with Crippen molar-refractivity contribution < 1.29 is 0 Å². The molecule has 0 saturated heterocycles. The van der Waals surface area contributed by atoms with Crippen molar-refractivity contribution in [3.63, 3.8) is 0 Å². The van der Waals surface area contributed by atoms with Crippen molar-refractivity contribution in [1.29, 1.82) is 0 Å². The normalized spacial score (nSPS) is 11.3. The Labute approximate surface area is 301 Å². The Morgan fingerprint density at radius 2 is 0.981 bits per heavy atom. The monoisotopic (exact) mass is 659 g/mol. The number of hydrogen-bond acceptors (Lipinski definition) is 3. The summed E-state index contributed by atoms with van der Waals surface area (Å²) in [5, 5.41) is 9.59. The summed E-state index contributed by atoms with van der Waals surface area (Å²) in [5.74, 6) is 0.682. The molecule has 2 aromatic heterocycles. The molecule has 3 heteroatoms. The molecule has 8 aromatic carbocycles. The number of rotatable bonds is 5. The lowest BCUT2D eigenvalue weighted by atomic mass is 9.93. The summed E-state index contributed by atoms with van der Waals surface area (Å²) in [6, 6.07) is 64.1. The molecule has 0 atom stereocenters. The Kier molecular flexibility index (Phi) is 7.04. The van der Waals surface area contributed by atoms with Crippen LogP contribution in [-0.2, 0) is 0 Å². The van der Waals surface area contributed by atoms with E-state index in [4.69, 9.17) is 9.97 Å². The molecular formula is C49H29N3. The van der Waals surface area contributed by atoms with E-state index in [1.165, 1.54) is 32.3 Å². The van der Waals surface area contributed by atoms with Crippen molar-refractivity contribution in [2.45, 2.75) is 0 Å². The predicted molar refractivity (Wildman–Crippen MR) is 215 cm³/mol. The number of benzene rings is 7. The zero-order valence-electron chi connectivity index (χ0n) is 28.1. The number of nitrogens with zero attached hydrogens (tertiary/aromatic N) is 3. The topological polar surface area (TPSA) is 38.7 Å². The third-order valence-corrected chi connectivity index (χ3v) is 10.0. The second-order valence-electron chi connectivity index (χ2n) is 13.1. The summed E-state index contributed by atoms with van der Waals surface area (Å²) in [6.07, 6.45) is 3.69. The van der Waals surface area contributed by atoms with Gasteiger partial charge in [0.1, 0.15) is 0 Å². The Hall–Kier alpha value is -7.15. The number of aromatic nitrogens is 3. The molecule has 0 aliphatic carbocycles. The van der Waals surface area contributed by atoms with Gasteiger partial charge in [-0.15, -0.1) is 0 Å². The van der Waals surface area contributed by atoms with Crippen molar-refractivity contribution in [2.24, 2.45) is 0 Å². The van der Waals surface area contributed by atoms with Crippen molar-refractivity contribution >= 4 is 43.1 Å². The summed E-state index contributed by atoms with van der Waals surface area (Å²) in [5.41, 5.74) is 9.13. The third kappa shape index (κ3) is 5.14. The number of hydrogen-bond donors (Lipinski definition) is 0. The van der Waals surface area contributed by atoms with Crippen LogP contribution in [0.25, 0.3) is 99.2 Å². The van der Waals surface area contributed by atoms with Crippen LogP contribution in [0, 0.1) is 12.1 Å². The zero-order valence-corrected chi connectivity index (χ0v) is 28.1. The predicted octanol–water partition coefficient (Wildman–Crippen LogP) is 12.4. The molecular weight excluding hydrogens is 631 g/mol. The lowest BCUT2D eigenvalue weighted by molar-refractivity contribution is 1.18. The molecule has 2 heterocycles. The fourth-order valence-corrected chi connectivity index (χ4v) is 7.46. The van der Waals surface area contributed by atoms with Crippen LogP contribution >= 0.6 is 0 Å². The maximum Gasteiger partial charge on any atom is 0.160 e. The average Bonchev–Trinajstić information content (AvgIpc) is 3.23. The number of fused-ring (bicyclic) bond motifs is 7. The summed E-state index contributed by atoms with van der Waals surface area (Å²) in [7, 11) is 0. The highest BCUT2D eigenvalue weighted by molar-refractivity contribution is 6.25. The third-order valence-electron chi connectivity index (χ3n) is 10.0. The smallest absolute Gasteiger partial charge is 0.160 e. The summed E-state index contributed by atoms with van der Waals surface area (Å²) >= 11 is 0. The first-order valence-electron chi connectivity index (χ1n) is 17.4. The molecule has 0 aliphatic heterocycles. The fourth-order valence-electron chi connectivity index (χ4n) is 7.46. The lowest BCUT2D eigenvalue weighted by Crippen LogP contribution is -1.96. The van der Waals surface area contributed by atoms with Gasteiger partial charge in [-0.3, -0.25) is 4.98 Å². The quantitative estimate of drug-likeness (QED) is 0.173. The molecule has 52 heavy (non-hydrogen) atoms. The Bertz CT molecular complexity index is 2910. The van der Waals surface area contributed by atoms with Crippen LogP contribution in [0.2, 0.25) is 0 Å². The minimum Gasteiger partial charge on any atom is -0.264 e. The van der Waals surface area contributed by atoms with Crippen LogP contribution in [0.5, 0.6) is 0 Å². The lowest BCUT2D eigenvalue weighted by Gasteiger charge is -2.13. The fraction of sp³-hybridized carbons (Fsp3) is 0. The van der Waals surface area contributed by atoms with Gasteiger partial charge in [0.05, 0.1) is 11.4 Å². The van der Waals surface area contributed by atoms with Gasteiger partial charge in [0.2, 0.25) is 0 Å². The second kappa shape index (κ2) is 12.3. The largest absolute Gasteiger partial charge is 0.264 e. The van der Waals surface area contributed by atoms with Crippen molar-refractivity contribution in [2.75, 3.05) is 0 Å². The van der Waals surface area contributed by atoms with Gasteiger partial charge in [0.15, 0.2) is 5.82 Å². The first-order valence-corrected chi connectivity index (χ1v) is 17.4. The summed E-state index contributed by atoms with van der Waals surface area (Å²) < 4.78 is 0. The Morgan fingerprint density at radius 3 is 1.71 bits per heavy atom. The van der Waals surface area contributed by atoms with E-state index >= 15 is 0 Å². The van der Waals surface area contributed by atoms with Gasteiger partial charge in [-0.05, 0) is 90.8 Å². The van der Waals surface area contributed by atoms with Crippen molar-refractivity contribution in [3.8, 4) is 56.2 Å². The van der Waals surface area contributed by atoms with Gasteiger partial charge < -0.3 is 0 Å². The van der Waals surface area contributed by atoms with Crippen LogP contribution < -0.4 is 0 Å². The maximum atomic E-state index is 5.25. The first kappa shape index (κ1) is 29.7. The molecule has 10 aromatic rings. The molecule has 0 fully saturated rings. The van der Waals surface area contributed by atoms with Gasteiger partial charge in [-0.2, -0.15) is 0 Å². The average molecular weight is 660 g/mol. The van der Waals surface area contributed by atoms with Gasteiger partial charge in [-0.1, -0.05) is 140 Å². The van der Waals surface area contributed by atoms with Gasteiger partial charge >= 0.3 is 0 Å². The van der Waals surface area contributed by atoms with E-state index in [9.17, 15) is 0 Å². The van der Waals surface area contributed by atoms with Crippen LogP contribution in [0.4, 0.5) is 0 Å². The highest BCUT2D eigenvalue weighted by atomic mass is 14.9. The molecule has 0 radical (unpaired) electrons. The minimum atomic E-state index is 0.682. The van der Waals surface area contributed by atoms with Crippen LogP contribution in [-0.4, -0.2) is 15.0 Å². The highest BCUT2D eigenvalue weighted by Crippen LogP contribution is 2.38. The highest BCUT2D eigenvalue weighted by Gasteiger charge is 2.15. The van der Waals surface area contributed by atoms with Crippen molar-refractivity contribution in [1.82, 2.24) is 15.0 Å². The van der Waals surface area contributed by atoms with E-state index in [0.717, 1.165) is 61.1 Å². The van der Waals surface area contributed by atoms with E-state index < -0.39 is 0 Å². The SMILES string of the molecule is c1cc(-c2ccc(-c3cc(-c4cccc(-c5cccnc5)c4)nc(-c4ccc5c6ccccc6c6ccccc6c5c4)n3)cc2)c2ccccc2c#1. The second-order valence-corrected chi connectivity index (χ2v) is 13.1.